The average Bonchev–Trinajstić information content (AvgIpc) is 2.18. The van der Waals surface area contributed by atoms with Crippen LogP contribution in [0.4, 0.5) is 4.39 Å². The van der Waals surface area contributed by atoms with Gasteiger partial charge in [-0.25, -0.2) is 9.87 Å². The molecule has 0 aromatic heterocycles. The van der Waals surface area contributed by atoms with Crippen LogP contribution in [0.15, 0.2) is 18.2 Å². The second-order valence-corrected chi connectivity index (χ2v) is 2.85. The Morgan fingerprint density at radius 1 is 1.57 bits per heavy atom. The second kappa shape index (κ2) is 4.72. The molecule has 0 bridgehead atoms. The molecule has 0 spiro atoms. The Bertz CT molecular complexity index is 339. The third-order valence-corrected chi connectivity index (χ3v) is 1.68. The van der Waals surface area contributed by atoms with E-state index in [1.54, 1.807) is 19.9 Å². The molecule has 0 heterocycles. The normalized spacial score (nSPS) is 9.93. The fourth-order valence-electron chi connectivity index (χ4n) is 1.01. The fourth-order valence-corrected chi connectivity index (χ4v) is 1.01. The first-order valence-electron chi connectivity index (χ1n) is 4.33. The SMILES string of the molecule is CCONC(=O)c1cc(C)ccc1F. The van der Waals surface area contributed by atoms with E-state index in [0.717, 1.165) is 5.56 Å². The highest BCUT2D eigenvalue weighted by atomic mass is 19.1. The van der Waals surface area contributed by atoms with Crippen LogP contribution >= 0.6 is 0 Å². The summed E-state index contributed by atoms with van der Waals surface area (Å²) in [5, 5.41) is 0. The summed E-state index contributed by atoms with van der Waals surface area (Å²) in [4.78, 5) is 16.0. The Labute approximate surface area is 81.8 Å². The number of halogens is 1. The van der Waals surface area contributed by atoms with E-state index in [1.807, 2.05) is 0 Å². The van der Waals surface area contributed by atoms with Crippen molar-refractivity contribution in [2.75, 3.05) is 6.61 Å². The van der Waals surface area contributed by atoms with Gasteiger partial charge in [0.15, 0.2) is 0 Å². The Kier molecular flexibility index (Phi) is 3.59. The molecule has 1 aromatic rings. The molecule has 3 nitrogen and oxygen atoms in total. The highest BCUT2D eigenvalue weighted by molar-refractivity contribution is 5.93. The van der Waals surface area contributed by atoms with Gasteiger partial charge in [-0.3, -0.25) is 9.63 Å². The molecule has 0 radical (unpaired) electrons. The van der Waals surface area contributed by atoms with E-state index in [-0.39, 0.29) is 5.56 Å². The van der Waals surface area contributed by atoms with Gasteiger partial charge in [0.2, 0.25) is 0 Å². The van der Waals surface area contributed by atoms with Gasteiger partial charge in [-0.05, 0) is 26.0 Å². The van der Waals surface area contributed by atoms with Gasteiger partial charge in [-0.2, -0.15) is 0 Å². The maximum absolute atomic E-state index is 13.1. The number of hydroxylamine groups is 1. The highest BCUT2D eigenvalue weighted by Gasteiger charge is 2.10. The van der Waals surface area contributed by atoms with Gasteiger partial charge in [0.25, 0.3) is 5.91 Å². The van der Waals surface area contributed by atoms with Crippen molar-refractivity contribution < 1.29 is 14.0 Å². The number of aryl methyl sites for hydroxylation is 1. The first-order valence-corrected chi connectivity index (χ1v) is 4.33. The highest BCUT2D eigenvalue weighted by Crippen LogP contribution is 2.09. The number of nitrogens with one attached hydrogen (secondary N) is 1. The van der Waals surface area contributed by atoms with Crippen molar-refractivity contribution in [2.24, 2.45) is 0 Å². The van der Waals surface area contributed by atoms with Crippen LogP contribution in [0, 0.1) is 12.7 Å². The molecular formula is C10H12FNO2. The largest absolute Gasteiger partial charge is 0.277 e. The van der Waals surface area contributed by atoms with Crippen molar-refractivity contribution in [1.29, 1.82) is 0 Å². The van der Waals surface area contributed by atoms with Crippen LogP contribution in [0.5, 0.6) is 0 Å². The Morgan fingerprint density at radius 3 is 2.93 bits per heavy atom. The number of carbonyl (C=O) groups is 1. The van der Waals surface area contributed by atoms with E-state index >= 15 is 0 Å². The lowest BCUT2D eigenvalue weighted by atomic mass is 10.1. The van der Waals surface area contributed by atoms with Gasteiger partial charge >= 0.3 is 0 Å². The lowest BCUT2D eigenvalue weighted by Crippen LogP contribution is -2.24. The lowest BCUT2D eigenvalue weighted by molar-refractivity contribution is 0.0361. The summed E-state index contributed by atoms with van der Waals surface area (Å²) < 4.78 is 13.1. The zero-order valence-corrected chi connectivity index (χ0v) is 8.13. The molecule has 1 N–H and O–H groups in total. The van der Waals surface area contributed by atoms with E-state index in [0.29, 0.717) is 6.61 Å². The van der Waals surface area contributed by atoms with Crippen LogP contribution < -0.4 is 5.48 Å². The predicted molar refractivity (Wildman–Crippen MR) is 50.2 cm³/mol. The van der Waals surface area contributed by atoms with Gasteiger partial charge in [0.05, 0.1) is 12.2 Å². The molecule has 76 valence electrons. The quantitative estimate of drug-likeness (QED) is 0.750. The minimum atomic E-state index is -0.562. The molecule has 0 unspecified atom stereocenters. The minimum absolute atomic E-state index is 0.00144. The summed E-state index contributed by atoms with van der Waals surface area (Å²) in [6.45, 7) is 3.86. The van der Waals surface area contributed by atoms with E-state index < -0.39 is 11.7 Å². The van der Waals surface area contributed by atoms with Crippen LogP contribution in [-0.4, -0.2) is 12.5 Å². The predicted octanol–water partition coefficient (Wildman–Crippen LogP) is 1.82. The molecule has 0 aliphatic heterocycles. The average molecular weight is 197 g/mol. The molecule has 0 saturated heterocycles. The third-order valence-electron chi connectivity index (χ3n) is 1.68. The second-order valence-electron chi connectivity index (χ2n) is 2.85. The lowest BCUT2D eigenvalue weighted by Gasteiger charge is -2.05. The van der Waals surface area contributed by atoms with Crippen molar-refractivity contribution >= 4 is 5.91 Å². The molecular weight excluding hydrogens is 185 g/mol. The number of hydrogen-bond donors (Lipinski definition) is 1. The summed E-state index contributed by atoms with van der Waals surface area (Å²) >= 11 is 0. The van der Waals surface area contributed by atoms with Crippen molar-refractivity contribution in [1.82, 2.24) is 5.48 Å². The molecule has 0 aliphatic rings. The van der Waals surface area contributed by atoms with Crippen molar-refractivity contribution in [3.05, 3.63) is 35.1 Å². The van der Waals surface area contributed by atoms with E-state index in [1.165, 1.54) is 12.1 Å². The van der Waals surface area contributed by atoms with Crippen molar-refractivity contribution in [3.63, 3.8) is 0 Å². The minimum Gasteiger partial charge on any atom is -0.274 e. The topological polar surface area (TPSA) is 38.3 Å². The van der Waals surface area contributed by atoms with Crippen LogP contribution in [0.1, 0.15) is 22.8 Å². The number of amides is 1. The van der Waals surface area contributed by atoms with Crippen molar-refractivity contribution in [2.45, 2.75) is 13.8 Å². The van der Waals surface area contributed by atoms with E-state index in [9.17, 15) is 9.18 Å². The molecule has 14 heavy (non-hydrogen) atoms. The van der Waals surface area contributed by atoms with Crippen LogP contribution in [0.2, 0.25) is 0 Å². The van der Waals surface area contributed by atoms with Crippen LogP contribution in [0.3, 0.4) is 0 Å². The zero-order valence-electron chi connectivity index (χ0n) is 8.13. The summed E-state index contributed by atoms with van der Waals surface area (Å²) in [7, 11) is 0. The van der Waals surface area contributed by atoms with Crippen LogP contribution in [0.25, 0.3) is 0 Å². The first kappa shape index (κ1) is 10.7. The zero-order chi connectivity index (χ0) is 10.6. The van der Waals surface area contributed by atoms with E-state index in [4.69, 9.17) is 0 Å². The summed E-state index contributed by atoms with van der Waals surface area (Å²) in [5.74, 6) is -1.11. The molecule has 1 rings (SSSR count). The number of carbonyl (C=O) groups excluding carboxylic acids is 1. The summed E-state index contributed by atoms with van der Waals surface area (Å²) in [5.41, 5.74) is 2.96. The molecule has 4 heteroatoms. The Hall–Kier alpha value is -1.42. The van der Waals surface area contributed by atoms with Gasteiger partial charge in [0, 0.05) is 0 Å². The van der Waals surface area contributed by atoms with Gasteiger partial charge in [0.1, 0.15) is 5.82 Å². The number of rotatable bonds is 3. The van der Waals surface area contributed by atoms with Gasteiger partial charge in [-0.15, -0.1) is 0 Å². The maximum atomic E-state index is 13.1. The van der Waals surface area contributed by atoms with Gasteiger partial charge < -0.3 is 0 Å². The fraction of sp³-hybridized carbons (Fsp3) is 0.300. The first-order chi connectivity index (χ1) is 6.65. The standard InChI is InChI=1S/C10H12FNO2/c1-3-14-12-10(13)8-6-7(2)4-5-9(8)11/h4-6H,3H2,1-2H3,(H,12,13). The molecule has 0 saturated carbocycles. The third kappa shape index (κ3) is 2.53. The Morgan fingerprint density at radius 2 is 2.29 bits per heavy atom. The molecule has 0 fully saturated rings. The molecule has 0 aliphatic carbocycles. The Balaban J connectivity index is 2.83. The van der Waals surface area contributed by atoms with E-state index in [2.05, 4.69) is 10.3 Å². The molecule has 1 amide bonds. The van der Waals surface area contributed by atoms with Crippen LogP contribution in [-0.2, 0) is 4.84 Å². The van der Waals surface area contributed by atoms with Gasteiger partial charge in [-0.1, -0.05) is 11.6 Å². The maximum Gasteiger partial charge on any atom is 0.277 e. The summed E-state index contributed by atoms with van der Waals surface area (Å²) in [6, 6.07) is 4.34. The van der Waals surface area contributed by atoms with Crippen molar-refractivity contribution in [3.8, 4) is 0 Å². The number of hydrogen-bond acceptors (Lipinski definition) is 2. The monoisotopic (exact) mass is 197 g/mol. The molecule has 1 aromatic carbocycles. The summed E-state index contributed by atoms with van der Waals surface area (Å²) in [6.07, 6.45) is 0. The number of benzene rings is 1. The smallest absolute Gasteiger partial charge is 0.274 e. The molecule has 0 atom stereocenters.